The van der Waals surface area contributed by atoms with Gasteiger partial charge in [0.25, 0.3) is 0 Å². The third-order valence-electron chi connectivity index (χ3n) is 5.99. The second-order valence-corrected chi connectivity index (χ2v) is 8.10. The second-order valence-electron chi connectivity index (χ2n) is 8.10. The van der Waals surface area contributed by atoms with E-state index < -0.39 is 24.5 Å². The molecule has 0 amide bonds. The second kappa shape index (κ2) is 11.7. The van der Waals surface area contributed by atoms with E-state index in [-0.39, 0.29) is 17.8 Å². The number of rotatable bonds is 11. The highest BCUT2D eigenvalue weighted by Gasteiger charge is 2.57. The van der Waals surface area contributed by atoms with Gasteiger partial charge < -0.3 is 19.5 Å². The van der Waals surface area contributed by atoms with Crippen LogP contribution in [0.3, 0.4) is 0 Å². The lowest BCUT2D eigenvalue weighted by Gasteiger charge is -2.34. The molecular weight excluding hydrogens is 433 g/mol. The molecule has 8 heteroatoms. The molecule has 0 bridgehead atoms. The van der Waals surface area contributed by atoms with Gasteiger partial charge in [0.2, 0.25) is 5.60 Å². The van der Waals surface area contributed by atoms with Crippen molar-refractivity contribution in [1.82, 2.24) is 4.90 Å². The quantitative estimate of drug-likeness (QED) is 0.200. The number of benzene rings is 1. The molecule has 2 unspecified atom stereocenters. The molecule has 1 aliphatic rings. The first-order valence-corrected chi connectivity index (χ1v) is 11.3. The number of nitrogens with zero attached hydrogens (tertiary/aromatic N) is 2. The molecule has 0 heterocycles. The number of aliphatic hydroxyl groups is 1. The van der Waals surface area contributed by atoms with Gasteiger partial charge >= 0.3 is 6.18 Å². The molecule has 0 aliphatic heterocycles. The Bertz CT molecular complexity index is 880. The molecule has 0 radical (unpaired) electrons. The molecule has 1 N–H and O–H groups in total. The number of halogens is 3. The fourth-order valence-electron chi connectivity index (χ4n) is 3.83. The first kappa shape index (κ1) is 26.9. The number of alkyl halides is 3. The van der Waals surface area contributed by atoms with E-state index in [9.17, 15) is 18.3 Å². The maximum absolute atomic E-state index is 14.3. The number of fused-ring (bicyclic) bond motifs is 1. The Labute approximate surface area is 194 Å². The number of ether oxygens (including phenoxy) is 2. The summed E-state index contributed by atoms with van der Waals surface area (Å²) in [5.74, 6) is -0.0547. The number of aliphatic imine (C=N–C) groups is 1. The highest BCUT2D eigenvalue weighted by molar-refractivity contribution is 5.56. The molecule has 1 aromatic rings. The van der Waals surface area contributed by atoms with Gasteiger partial charge in [-0.2, -0.15) is 13.2 Å². The summed E-state index contributed by atoms with van der Waals surface area (Å²) < 4.78 is 53.8. The molecule has 5 nitrogen and oxygen atoms in total. The third kappa shape index (κ3) is 6.38. The number of methoxy groups -OCH3 is 1. The van der Waals surface area contributed by atoms with Gasteiger partial charge in [-0.25, -0.2) is 4.99 Å². The Morgan fingerprint density at radius 2 is 1.91 bits per heavy atom. The molecule has 2 rings (SSSR count). The molecule has 0 saturated heterocycles. The van der Waals surface area contributed by atoms with Crippen LogP contribution in [-0.2, 0) is 15.9 Å². The third-order valence-corrected chi connectivity index (χ3v) is 5.99. The van der Waals surface area contributed by atoms with Gasteiger partial charge in [0.05, 0.1) is 26.2 Å². The Hall–Kier alpha value is -2.32. The summed E-state index contributed by atoms with van der Waals surface area (Å²) >= 11 is 0. The van der Waals surface area contributed by atoms with Crippen LogP contribution in [0.15, 0.2) is 52.4 Å². The van der Waals surface area contributed by atoms with Crippen LogP contribution in [-0.4, -0.2) is 55.4 Å². The zero-order chi connectivity index (χ0) is 24.6. The van der Waals surface area contributed by atoms with Crippen LogP contribution >= 0.6 is 0 Å². The molecule has 0 aromatic heterocycles. The van der Waals surface area contributed by atoms with Gasteiger partial charge in [-0.3, -0.25) is 0 Å². The van der Waals surface area contributed by atoms with Gasteiger partial charge in [-0.1, -0.05) is 38.1 Å². The van der Waals surface area contributed by atoms with Gasteiger partial charge in [-0.15, -0.1) is 0 Å². The average Bonchev–Trinajstić information content (AvgIpc) is 3.21. The van der Waals surface area contributed by atoms with Crippen LogP contribution in [0.5, 0.6) is 0 Å². The van der Waals surface area contributed by atoms with Crippen molar-refractivity contribution in [3.8, 4) is 0 Å². The fraction of sp³-hybridized carbons (Fsp3) is 0.560. The fourth-order valence-corrected chi connectivity index (χ4v) is 3.83. The van der Waals surface area contributed by atoms with Crippen molar-refractivity contribution in [3.05, 3.63) is 58.5 Å². The molecule has 0 saturated carbocycles. The molecule has 1 aromatic carbocycles. The number of aryl methyl sites for hydroxylation is 1. The summed E-state index contributed by atoms with van der Waals surface area (Å²) in [7, 11) is 3.14. The van der Waals surface area contributed by atoms with E-state index in [4.69, 9.17) is 9.47 Å². The molecular formula is C25H35F3N2O3. The Morgan fingerprint density at radius 1 is 1.21 bits per heavy atom. The highest BCUT2D eigenvalue weighted by atomic mass is 19.4. The lowest BCUT2D eigenvalue weighted by molar-refractivity contribution is -0.264. The SMILES string of the molecule is CC/C(=C(\C=C(/CC)N=CN(C)CC)OC)C(O)(COC1CCc2ccccc21)C(F)(F)F. The highest BCUT2D eigenvalue weighted by Crippen LogP contribution is 2.42. The van der Waals surface area contributed by atoms with Crippen molar-refractivity contribution in [2.24, 2.45) is 4.99 Å². The van der Waals surface area contributed by atoms with Crippen molar-refractivity contribution in [1.29, 1.82) is 0 Å². The summed E-state index contributed by atoms with van der Waals surface area (Å²) in [4.78, 5) is 6.20. The van der Waals surface area contributed by atoms with Crippen LogP contribution in [0.1, 0.15) is 57.3 Å². The molecule has 0 fully saturated rings. The minimum Gasteiger partial charge on any atom is -0.497 e. The van der Waals surface area contributed by atoms with Crippen molar-refractivity contribution >= 4 is 6.34 Å². The number of allylic oxidation sites excluding steroid dienone is 2. The van der Waals surface area contributed by atoms with Crippen LogP contribution < -0.4 is 0 Å². The Morgan fingerprint density at radius 3 is 2.48 bits per heavy atom. The van der Waals surface area contributed by atoms with Crippen molar-refractivity contribution in [3.63, 3.8) is 0 Å². The lowest BCUT2D eigenvalue weighted by Crippen LogP contribution is -2.51. The van der Waals surface area contributed by atoms with Gasteiger partial charge in [0.1, 0.15) is 5.76 Å². The van der Waals surface area contributed by atoms with Gasteiger partial charge in [-0.05, 0) is 43.7 Å². The van der Waals surface area contributed by atoms with Crippen molar-refractivity contribution < 1.29 is 27.8 Å². The van der Waals surface area contributed by atoms with Crippen molar-refractivity contribution in [2.75, 3.05) is 27.3 Å². The first-order valence-electron chi connectivity index (χ1n) is 11.3. The van der Waals surface area contributed by atoms with Crippen molar-refractivity contribution in [2.45, 2.75) is 64.3 Å². The summed E-state index contributed by atoms with van der Waals surface area (Å²) in [6, 6.07) is 7.54. The zero-order valence-corrected chi connectivity index (χ0v) is 20.1. The van der Waals surface area contributed by atoms with E-state index >= 15 is 0 Å². The van der Waals surface area contributed by atoms with E-state index in [0.717, 1.165) is 24.1 Å². The minimum absolute atomic E-state index is 0.0547. The van der Waals surface area contributed by atoms with E-state index in [1.54, 1.807) is 13.3 Å². The molecule has 184 valence electrons. The molecule has 33 heavy (non-hydrogen) atoms. The first-order chi connectivity index (χ1) is 15.6. The predicted octanol–water partition coefficient (Wildman–Crippen LogP) is 5.57. The maximum atomic E-state index is 14.3. The van der Waals surface area contributed by atoms with Crippen LogP contribution in [0.25, 0.3) is 0 Å². The minimum atomic E-state index is -4.95. The smallest absolute Gasteiger partial charge is 0.423 e. The van der Waals surface area contributed by atoms with Crippen LogP contribution in [0.2, 0.25) is 0 Å². The molecule has 1 aliphatic carbocycles. The van der Waals surface area contributed by atoms with Gasteiger partial charge in [0.15, 0.2) is 0 Å². The summed E-state index contributed by atoms with van der Waals surface area (Å²) in [5, 5.41) is 11.0. The summed E-state index contributed by atoms with van der Waals surface area (Å²) in [5.41, 5.74) is -1.00. The number of hydrogen-bond donors (Lipinski definition) is 1. The average molecular weight is 469 g/mol. The lowest BCUT2D eigenvalue weighted by atomic mass is 9.89. The standard InChI is InChI=1S/C25H35F3N2O3/c1-6-19(29-17-30(4)8-3)15-23(32-5)21(7-2)24(31,25(26,27)28)16-33-22-14-13-18-11-9-10-12-20(18)22/h9-12,15,17,22,31H,6-8,13-14,16H2,1-5H3/b19-15+,23-21-,29-17?. The maximum Gasteiger partial charge on any atom is 0.423 e. The number of hydrogen-bond acceptors (Lipinski definition) is 4. The molecule has 2 atom stereocenters. The van der Waals surface area contributed by atoms with Gasteiger partial charge in [0, 0.05) is 30.9 Å². The Kier molecular flexibility index (Phi) is 9.55. The van der Waals surface area contributed by atoms with E-state index in [0.29, 0.717) is 18.5 Å². The van der Waals surface area contributed by atoms with Crippen LogP contribution in [0, 0.1) is 0 Å². The monoisotopic (exact) mass is 468 g/mol. The Balaban J connectivity index is 2.42. The van der Waals surface area contributed by atoms with Crippen LogP contribution in [0.4, 0.5) is 13.2 Å². The topological polar surface area (TPSA) is 54.3 Å². The van der Waals surface area contributed by atoms with E-state index in [2.05, 4.69) is 4.99 Å². The normalized spacial score (nSPS) is 19.3. The summed E-state index contributed by atoms with van der Waals surface area (Å²) in [6.07, 6.45) is -0.645. The largest absolute Gasteiger partial charge is 0.497 e. The van der Waals surface area contributed by atoms with E-state index in [1.165, 1.54) is 13.2 Å². The summed E-state index contributed by atoms with van der Waals surface area (Å²) in [6.45, 7) is 5.20. The van der Waals surface area contributed by atoms with E-state index in [1.807, 2.05) is 50.1 Å². The zero-order valence-electron chi connectivity index (χ0n) is 20.1. The molecule has 0 spiro atoms. The predicted molar refractivity (Wildman–Crippen MR) is 124 cm³/mol.